The number of carbonyl (C=O) groups excluding carboxylic acids is 2. The molecule has 0 bridgehead atoms. The van der Waals surface area contributed by atoms with Gasteiger partial charge in [-0.15, -0.1) is 0 Å². The smallest absolute Gasteiger partial charge is 0.413 e. The summed E-state index contributed by atoms with van der Waals surface area (Å²) in [5.41, 5.74) is -1.82. The van der Waals surface area contributed by atoms with Crippen LogP contribution in [0, 0.1) is 11.6 Å². The molecule has 0 saturated heterocycles. The molecule has 1 fully saturated rings. The van der Waals surface area contributed by atoms with Crippen LogP contribution in [0.5, 0.6) is 5.75 Å². The van der Waals surface area contributed by atoms with Gasteiger partial charge in [-0.2, -0.15) is 0 Å². The van der Waals surface area contributed by atoms with E-state index in [0.717, 1.165) is 23.9 Å². The van der Waals surface area contributed by atoms with Crippen LogP contribution in [0.4, 0.5) is 19.3 Å². The van der Waals surface area contributed by atoms with E-state index < -0.39 is 61.2 Å². The van der Waals surface area contributed by atoms with Crippen molar-refractivity contribution >= 4 is 33.4 Å². The molecule has 3 aromatic rings. The summed E-state index contributed by atoms with van der Waals surface area (Å²) in [6, 6.07) is 13.2. The molecule has 1 aliphatic carbocycles. The second-order valence-electron chi connectivity index (χ2n) is 12.8. The van der Waals surface area contributed by atoms with Crippen molar-refractivity contribution in [2.45, 2.75) is 69.1 Å². The SMILES string of the molecule is COc1ccc(COC2CC3(C2)C(NC(=O)OC(C)(C)C)=N[C@](C)(c2cc(NC(=O)c4ccc(F)cn4)ccc2F)CS3(=O)=O)cc1. The van der Waals surface area contributed by atoms with Gasteiger partial charge in [0.25, 0.3) is 5.91 Å². The fourth-order valence-electron chi connectivity index (χ4n) is 5.61. The number of aliphatic imine (C=N–C) groups is 1. The number of nitrogens with zero attached hydrogens (tertiary/aromatic N) is 2. The Labute approximate surface area is 271 Å². The summed E-state index contributed by atoms with van der Waals surface area (Å²) >= 11 is 0. The third-order valence-corrected chi connectivity index (χ3v) is 10.7. The Morgan fingerprint density at radius 3 is 2.34 bits per heavy atom. The minimum Gasteiger partial charge on any atom is -0.497 e. The van der Waals surface area contributed by atoms with Crippen LogP contribution in [0.2, 0.25) is 0 Å². The van der Waals surface area contributed by atoms with E-state index in [1.807, 2.05) is 12.1 Å². The monoisotopic (exact) mass is 670 g/mol. The molecule has 1 atom stereocenters. The summed E-state index contributed by atoms with van der Waals surface area (Å²) in [7, 11) is -2.54. The second-order valence-corrected chi connectivity index (χ2v) is 15.1. The zero-order valence-electron chi connectivity index (χ0n) is 26.6. The molecule has 47 heavy (non-hydrogen) atoms. The number of amides is 2. The average Bonchev–Trinajstić information content (AvgIpc) is 2.96. The Bertz CT molecular complexity index is 1800. The molecule has 11 nitrogen and oxygen atoms in total. The predicted octanol–water partition coefficient (Wildman–Crippen LogP) is 5.31. The lowest BCUT2D eigenvalue weighted by atomic mass is 9.79. The summed E-state index contributed by atoms with van der Waals surface area (Å²) in [6.07, 6.45) is -0.459. The number of ether oxygens (including phenoxy) is 3. The highest BCUT2D eigenvalue weighted by atomic mass is 32.2. The number of aromatic nitrogens is 1. The van der Waals surface area contributed by atoms with Crippen molar-refractivity contribution in [2.75, 3.05) is 18.2 Å². The van der Waals surface area contributed by atoms with Gasteiger partial charge in [-0.05, 0) is 75.7 Å². The predicted molar refractivity (Wildman–Crippen MR) is 170 cm³/mol. The zero-order chi connectivity index (χ0) is 34.2. The first-order chi connectivity index (χ1) is 22.0. The quantitative estimate of drug-likeness (QED) is 0.344. The molecule has 0 unspecified atom stereocenters. The van der Waals surface area contributed by atoms with Crippen LogP contribution in [0.1, 0.15) is 62.2 Å². The Balaban J connectivity index is 1.44. The number of carbonyl (C=O) groups is 2. The number of anilines is 1. The molecule has 2 heterocycles. The highest BCUT2D eigenvalue weighted by molar-refractivity contribution is 7.93. The van der Waals surface area contributed by atoms with Crippen LogP contribution in [0.15, 0.2) is 65.8 Å². The van der Waals surface area contributed by atoms with Gasteiger partial charge in [0.05, 0.1) is 31.8 Å². The molecule has 1 saturated carbocycles. The topological polar surface area (TPSA) is 145 Å². The van der Waals surface area contributed by atoms with Crippen molar-refractivity contribution < 1.29 is 41.0 Å². The number of nitrogens with one attached hydrogen (secondary N) is 2. The number of halogens is 2. The summed E-state index contributed by atoms with van der Waals surface area (Å²) < 4.78 is 72.1. The highest BCUT2D eigenvalue weighted by Crippen LogP contribution is 2.49. The second kappa shape index (κ2) is 12.6. The van der Waals surface area contributed by atoms with E-state index in [1.54, 1.807) is 40.0 Å². The molecule has 2 aromatic carbocycles. The standard InChI is InChI=1S/C33H36F2N4O7S/c1-31(2,3)46-30(41)38-29-33(15-24(16-33)45-18-20-6-10-23(44-5)11-7-20)47(42,43)19-32(4,39-29)25-14-22(9-12-26(25)35)37-28(40)27-13-8-21(34)17-36-27/h6-14,17,24H,15-16,18-19H2,1-5H3,(H,37,40)(H,38,39,41)/t24?,32-,33?/m0/s1. The van der Waals surface area contributed by atoms with Gasteiger partial charge in [0, 0.05) is 24.1 Å². The lowest BCUT2D eigenvalue weighted by molar-refractivity contribution is -0.0184. The van der Waals surface area contributed by atoms with Crippen LogP contribution < -0.4 is 15.4 Å². The Hall–Kier alpha value is -4.43. The van der Waals surface area contributed by atoms with Gasteiger partial charge in [0.1, 0.15) is 44.8 Å². The molecule has 250 valence electrons. The van der Waals surface area contributed by atoms with Crippen molar-refractivity contribution in [3.05, 3.63) is 89.2 Å². The normalized spacial score (nSPS) is 23.3. The van der Waals surface area contributed by atoms with E-state index >= 15 is 4.39 Å². The Morgan fingerprint density at radius 2 is 1.72 bits per heavy atom. The molecule has 2 N–H and O–H groups in total. The summed E-state index contributed by atoms with van der Waals surface area (Å²) in [5.74, 6) is -2.14. The third kappa shape index (κ3) is 7.28. The fourth-order valence-corrected chi connectivity index (χ4v) is 8.12. The van der Waals surface area contributed by atoms with E-state index in [-0.39, 0.29) is 42.2 Å². The van der Waals surface area contributed by atoms with Crippen LogP contribution in [0.25, 0.3) is 0 Å². The lowest BCUT2D eigenvalue weighted by Crippen LogP contribution is -2.67. The first kappa shape index (κ1) is 33.9. The van der Waals surface area contributed by atoms with E-state index in [9.17, 15) is 22.4 Å². The van der Waals surface area contributed by atoms with Crippen molar-refractivity contribution in [1.82, 2.24) is 10.3 Å². The van der Waals surface area contributed by atoms with Crippen molar-refractivity contribution in [3.63, 3.8) is 0 Å². The van der Waals surface area contributed by atoms with E-state index in [1.165, 1.54) is 25.1 Å². The van der Waals surface area contributed by atoms with Crippen molar-refractivity contribution in [1.29, 1.82) is 0 Å². The van der Waals surface area contributed by atoms with E-state index in [0.29, 0.717) is 5.75 Å². The summed E-state index contributed by atoms with van der Waals surface area (Å²) in [5, 5.41) is 5.13. The van der Waals surface area contributed by atoms with Gasteiger partial charge in [0.2, 0.25) is 0 Å². The maximum Gasteiger partial charge on any atom is 0.413 e. The Kier molecular flexibility index (Phi) is 9.12. The van der Waals surface area contributed by atoms with Crippen molar-refractivity contribution in [2.24, 2.45) is 4.99 Å². The number of hydrogen-bond donors (Lipinski definition) is 2. The fraction of sp³-hybridized carbons (Fsp3) is 0.394. The lowest BCUT2D eigenvalue weighted by Gasteiger charge is -2.51. The number of methoxy groups -OCH3 is 1. The molecular weight excluding hydrogens is 634 g/mol. The number of pyridine rings is 1. The molecule has 5 rings (SSSR count). The first-order valence-electron chi connectivity index (χ1n) is 14.8. The van der Waals surface area contributed by atoms with Crippen molar-refractivity contribution in [3.8, 4) is 5.75 Å². The molecule has 0 radical (unpaired) electrons. The molecular formula is C33H36F2N4O7S. The van der Waals surface area contributed by atoms with Gasteiger partial charge in [-0.1, -0.05) is 12.1 Å². The Morgan fingerprint density at radius 1 is 1.02 bits per heavy atom. The van der Waals surface area contributed by atoms with Gasteiger partial charge in [0.15, 0.2) is 9.84 Å². The van der Waals surface area contributed by atoms with E-state index in [4.69, 9.17) is 19.2 Å². The first-order valence-corrected chi connectivity index (χ1v) is 16.5. The largest absolute Gasteiger partial charge is 0.497 e. The minimum atomic E-state index is -4.10. The van der Waals surface area contributed by atoms with Crippen LogP contribution in [-0.2, 0) is 31.5 Å². The number of hydrogen-bond acceptors (Lipinski definition) is 9. The maximum absolute atomic E-state index is 15.5. The van der Waals surface area contributed by atoms with Gasteiger partial charge in [-0.25, -0.2) is 27.0 Å². The summed E-state index contributed by atoms with van der Waals surface area (Å²) in [4.78, 5) is 34.1. The molecule has 2 aliphatic rings. The number of benzene rings is 2. The molecule has 14 heteroatoms. The van der Waals surface area contributed by atoms with Gasteiger partial charge < -0.3 is 19.5 Å². The zero-order valence-corrected chi connectivity index (χ0v) is 27.4. The van der Waals surface area contributed by atoms with Gasteiger partial charge >= 0.3 is 6.09 Å². The maximum atomic E-state index is 15.5. The molecule has 1 spiro atoms. The molecule has 1 aromatic heterocycles. The summed E-state index contributed by atoms with van der Waals surface area (Å²) in [6.45, 7) is 6.65. The average molecular weight is 671 g/mol. The van der Waals surface area contributed by atoms with Crippen LogP contribution in [-0.4, -0.2) is 60.6 Å². The number of rotatable bonds is 7. The molecule has 2 amide bonds. The third-order valence-electron chi connectivity index (χ3n) is 8.00. The van der Waals surface area contributed by atoms with Crippen LogP contribution in [0.3, 0.4) is 0 Å². The molecule has 1 aliphatic heterocycles. The number of alkyl carbamates (subject to hydrolysis) is 1. The number of sulfone groups is 1. The highest BCUT2D eigenvalue weighted by Gasteiger charge is 2.63. The van der Waals surface area contributed by atoms with E-state index in [2.05, 4.69) is 15.6 Å². The van der Waals surface area contributed by atoms with Gasteiger partial charge in [-0.3, -0.25) is 15.1 Å². The minimum absolute atomic E-state index is 0.0133. The number of amidine groups is 1. The van der Waals surface area contributed by atoms with Crippen LogP contribution >= 0.6 is 0 Å².